The molecule has 0 spiro atoms. The number of nitrogens with zero attached hydrogens (tertiary/aromatic N) is 3. The van der Waals surface area contributed by atoms with E-state index in [0.29, 0.717) is 48.8 Å². The minimum Gasteiger partial charge on any atom is -0.497 e. The van der Waals surface area contributed by atoms with Crippen LogP contribution in [0.3, 0.4) is 0 Å². The fourth-order valence-corrected chi connectivity index (χ4v) is 4.36. The van der Waals surface area contributed by atoms with Gasteiger partial charge in [0, 0.05) is 54.9 Å². The molecule has 4 aromatic rings. The lowest BCUT2D eigenvalue weighted by Gasteiger charge is -2.27. The third kappa shape index (κ3) is 3.96. The minimum absolute atomic E-state index is 0.0583. The molecule has 5 rings (SSSR count). The van der Waals surface area contributed by atoms with Gasteiger partial charge in [0.25, 0.3) is 5.56 Å². The van der Waals surface area contributed by atoms with Crippen LogP contribution >= 0.6 is 0 Å². The molecule has 1 aliphatic rings. The van der Waals surface area contributed by atoms with E-state index in [1.54, 1.807) is 22.9 Å². The Labute approximate surface area is 189 Å². The Morgan fingerprint density at radius 1 is 1.21 bits per heavy atom. The normalized spacial score (nSPS) is 14.7. The Balaban J connectivity index is 1.70. The molecule has 0 unspecified atom stereocenters. The molecule has 9 nitrogen and oxygen atoms in total. The maximum atomic E-state index is 13.8. The van der Waals surface area contributed by atoms with Crippen molar-refractivity contribution in [3.8, 4) is 16.9 Å². The summed E-state index contributed by atoms with van der Waals surface area (Å²) in [4.78, 5) is 35.3. The van der Waals surface area contributed by atoms with Crippen molar-refractivity contribution >= 4 is 27.9 Å². The second-order valence-corrected chi connectivity index (χ2v) is 8.03. The van der Waals surface area contributed by atoms with Crippen molar-refractivity contribution in [1.29, 1.82) is 0 Å². The number of benzene rings is 1. The average molecular weight is 448 g/mol. The number of hydrogen-bond acceptors (Lipinski definition) is 6. The third-order valence-electron chi connectivity index (χ3n) is 6.08. The molecule has 1 aliphatic heterocycles. The maximum absolute atomic E-state index is 13.8. The Hall–Kier alpha value is -3.69. The van der Waals surface area contributed by atoms with Gasteiger partial charge in [0.05, 0.1) is 31.4 Å². The van der Waals surface area contributed by atoms with Crippen molar-refractivity contribution in [2.45, 2.75) is 6.54 Å². The van der Waals surface area contributed by atoms with Gasteiger partial charge < -0.3 is 24.1 Å². The monoisotopic (exact) mass is 448 g/mol. The first-order chi connectivity index (χ1) is 16.0. The van der Waals surface area contributed by atoms with Crippen LogP contribution in [0.4, 0.5) is 0 Å². The Kier molecular flexibility index (Phi) is 5.57. The van der Waals surface area contributed by atoms with Gasteiger partial charge in [-0.05, 0) is 35.9 Å². The zero-order valence-corrected chi connectivity index (χ0v) is 18.2. The summed E-state index contributed by atoms with van der Waals surface area (Å²) < 4.78 is 12.5. The summed E-state index contributed by atoms with van der Waals surface area (Å²) in [7, 11) is 1.47. The molecule has 1 fully saturated rings. The first kappa shape index (κ1) is 21.2. The summed E-state index contributed by atoms with van der Waals surface area (Å²) in [5.74, 6) is -0.706. The fraction of sp³-hybridized carbons (Fsp3) is 0.292. The number of carboxylic acids is 1. The molecular weight excluding hydrogens is 424 g/mol. The molecule has 0 saturated carbocycles. The molecule has 0 atom stereocenters. The SMILES string of the molecule is COc1cc(C(=O)O)cc(-c2cc3cnc4[nH]ccc4c3n(CCN3CCOCC3)c2=O)c1. The van der Waals surface area contributed by atoms with E-state index in [1.807, 2.05) is 12.3 Å². The predicted molar refractivity (Wildman–Crippen MR) is 124 cm³/mol. The van der Waals surface area contributed by atoms with Crippen LogP contribution in [0.25, 0.3) is 33.1 Å². The highest BCUT2D eigenvalue weighted by atomic mass is 16.5. The largest absolute Gasteiger partial charge is 0.497 e. The number of hydrogen-bond donors (Lipinski definition) is 2. The van der Waals surface area contributed by atoms with Crippen molar-refractivity contribution in [3.05, 3.63) is 58.6 Å². The number of nitrogens with one attached hydrogen (secondary N) is 1. The van der Waals surface area contributed by atoms with Crippen molar-refractivity contribution in [3.63, 3.8) is 0 Å². The van der Waals surface area contributed by atoms with Gasteiger partial charge in [-0.15, -0.1) is 0 Å². The third-order valence-corrected chi connectivity index (χ3v) is 6.08. The number of aromatic nitrogens is 3. The number of carboxylic acid groups (broad SMARTS) is 1. The molecule has 0 bridgehead atoms. The summed E-state index contributed by atoms with van der Waals surface area (Å²) in [6, 6.07) is 8.33. The van der Waals surface area contributed by atoms with Gasteiger partial charge in [0.15, 0.2) is 0 Å². The number of carbonyl (C=O) groups is 1. The van der Waals surface area contributed by atoms with E-state index in [4.69, 9.17) is 9.47 Å². The summed E-state index contributed by atoms with van der Waals surface area (Å²) in [6.45, 7) is 4.21. The summed E-state index contributed by atoms with van der Waals surface area (Å²) in [5, 5.41) is 11.2. The zero-order chi connectivity index (χ0) is 22.9. The topological polar surface area (TPSA) is 110 Å². The highest BCUT2D eigenvalue weighted by molar-refractivity contribution is 6.03. The van der Waals surface area contributed by atoms with E-state index < -0.39 is 5.97 Å². The van der Waals surface area contributed by atoms with Crippen LogP contribution in [-0.4, -0.2) is 70.5 Å². The molecule has 0 radical (unpaired) electrons. The Bertz CT molecular complexity index is 1400. The van der Waals surface area contributed by atoms with E-state index in [1.165, 1.54) is 19.2 Å². The molecule has 0 amide bonds. The quantitative estimate of drug-likeness (QED) is 0.467. The number of aromatic amines is 1. The van der Waals surface area contributed by atoms with Crippen LogP contribution in [0.5, 0.6) is 5.75 Å². The van der Waals surface area contributed by atoms with Gasteiger partial charge in [0.2, 0.25) is 0 Å². The summed E-state index contributed by atoms with van der Waals surface area (Å²) in [6.07, 6.45) is 3.55. The van der Waals surface area contributed by atoms with Crippen LogP contribution < -0.4 is 10.3 Å². The van der Waals surface area contributed by atoms with Crippen LogP contribution in [0.2, 0.25) is 0 Å². The molecule has 9 heteroatoms. The number of fused-ring (bicyclic) bond motifs is 3. The van der Waals surface area contributed by atoms with Crippen molar-refractivity contribution in [1.82, 2.24) is 19.4 Å². The summed E-state index contributed by atoms with van der Waals surface area (Å²) >= 11 is 0. The molecule has 1 saturated heterocycles. The molecule has 2 N–H and O–H groups in total. The average Bonchev–Trinajstić information content (AvgIpc) is 3.32. The van der Waals surface area contributed by atoms with Gasteiger partial charge >= 0.3 is 5.97 Å². The number of ether oxygens (including phenoxy) is 2. The number of aromatic carboxylic acids is 1. The summed E-state index contributed by atoms with van der Waals surface area (Å²) in [5.41, 5.74) is 2.29. The van der Waals surface area contributed by atoms with Gasteiger partial charge in [0.1, 0.15) is 11.4 Å². The molecule has 170 valence electrons. The number of pyridine rings is 2. The van der Waals surface area contributed by atoms with Gasteiger partial charge in [-0.3, -0.25) is 9.69 Å². The predicted octanol–water partition coefficient (Wildman–Crippen LogP) is 2.58. The Morgan fingerprint density at radius 2 is 2.03 bits per heavy atom. The molecule has 33 heavy (non-hydrogen) atoms. The highest BCUT2D eigenvalue weighted by Crippen LogP contribution is 2.29. The zero-order valence-electron chi connectivity index (χ0n) is 18.2. The van der Waals surface area contributed by atoms with Crippen LogP contribution in [0, 0.1) is 0 Å². The first-order valence-corrected chi connectivity index (χ1v) is 10.8. The molecular formula is C24H24N4O5. The van der Waals surface area contributed by atoms with Gasteiger partial charge in [-0.25, -0.2) is 9.78 Å². The minimum atomic E-state index is -1.08. The molecule has 0 aliphatic carbocycles. The van der Waals surface area contributed by atoms with E-state index in [2.05, 4.69) is 14.9 Å². The van der Waals surface area contributed by atoms with Crippen LogP contribution in [0.15, 0.2) is 47.5 Å². The number of morpholine rings is 1. The van der Waals surface area contributed by atoms with Crippen molar-refractivity contribution in [2.75, 3.05) is 40.0 Å². The smallest absolute Gasteiger partial charge is 0.335 e. The van der Waals surface area contributed by atoms with E-state index in [-0.39, 0.29) is 11.1 Å². The second kappa shape index (κ2) is 8.68. The second-order valence-electron chi connectivity index (χ2n) is 8.03. The highest BCUT2D eigenvalue weighted by Gasteiger charge is 2.18. The molecule has 4 heterocycles. The fourth-order valence-electron chi connectivity index (χ4n) is 4.36. The standard InChI is InChI=1S/C24H24N4O5/c1-32-18-11-15(10-16(12-18)24(30)31)20-13-17-14-26-22-19(2-3-25-22)21(17)28(23(20)29)5-4-27-6-8-33-9-7-27/h2-3,10-14H,4-9H2,1H3,(H,25,26)(H,30,31). The van der Waals surface area contributed by atoms with E-state index >= 15 is 0 Å². The number of H-pyrrole nitrogens is 1. The number of methoxy groups -OCH3 is 1. The lowest BCUT2D eigenvalue weighted by Crippen LogP contribution is -2.39. The molecule has 3 aromatic heterocycles. The van der Waals surface area contributed by atoms with Crippen LogP contribution in [-0.2, 0) is 11.3 Å². The lowest BCUT2D eigenvalue weighted by molar-refractivity contribution is 0.0364. The molecule has 1 aromatic carbocycles. The van der Waals surface area contributed by atoms with Crippen molar-refractivity contribution in [2.24, 2.45) is 0 Å². The van der Waals surface area contributed by atoms with Crippen molar-refractivity contribution < 1.29 is 19.4 Å². The lowest BCUT2D eigenvalue weighted by atomic mass is 10.0. The van der Waals surface area contributed by atoms with Gasteiger partial charge in [-0.2, -0.15) is 0 Å². The van der Waals surface area contributed by atoms with Crippen LogP contribution in [0.1, 0.15) is 10.4 Å². The van der Waals surface area contributed by atoms with E-state index in [0.717, 1.165) is 29.4 Å². The van der Waals surface area contributed by atoms with Gasteiger partial charge in [-0.1, -0.05) is 0 Å². The number of rotatable bonds is 6. The Morgan fingerprint density at radius 3 is 2.79 bits per heavy atom. The maximum Gasteiger partial charge on any atom is 0.335 e. The van der Waals surface area contributed by atoms with E-state index in [9.17, 15) is 14.7 Å². The first-order valence-electron chi connectivity index (χ1n) is 10.8.